The summed E-state index contributed by atoms with van der Waals surface area (Å²) >= 11 is 0. The number of ether oxygens (including phenoxy) is 1. The van der Waals surface area contributed by atoms with Crippen molar-refractivity contribution in [1.82, 2.24) is 5.32 Å². The van der Waals surface area contributed by atoms with Gasteiger partial charge in [-0.3, -0.25) is 9.59 Å². The van der Waals surface area contributed by atoms with E-state index in [9.17, 15) is 19.8 Å². The van der Waals surface area contributed by atoms with Crippen molar-refractivity contribution in [3.05, 3.63) is 12.2 Å². The van der Waals surface area contributed by atoms with Crippen molar-refractivity contribution in [2.45, 2.75) is 488 Å². The monoisotopic (exact) mass is 1240 g/mol. The molecule has 2 unspecified atom stereocenters. The SMILES string of the molecule is CCCCCCCCCCCCCCCCCCCCCCC/C=C/C(O)C(CO)NC(=O)CCCCCCCCCCCCCCCCCCCCCCCCCCCCCCCCOC(=O)CCCCCCCCCCCCCCCCCCCC. The predicted molar refractivity (Wildman–Crippen MR) is 389 cm³/mol. The second-order valence-electron chi connectivity index (χ2n) is 28.5. The van der Waals surface area contributed by atoms with Gasteiger partial charge in [0.1, 0.15) is 0 Å². The molecule has 0 saturated carbocycles. The standard InChI is InChI=1S/C82H161NO5/c1-3-5-7-9-11-13-15-17-19-21-23-24-33-36-39-42-46-50-54-58-62-66-70-74-80(85)79(78-84)83-81(86)75-71-67-63-59-55-51-47-43-40-37-34-31-29-27-25-26-28-30-32-35-38-41-45-49-53-57-61-65-69-73-77-88-82(87)76-72-68-64-60-56-52-48-44-22-20-18-16-14-12-10-8-6-4-2/h70,74,79-80,84-85H,3-69,71-73,75-78H2,1-2H3,(H,83,86)/b74-70+. The Morgan fingerprint density at radius 2 is 0.523 bits per heavy atom. The van der Waals surface area contributed by atoms with E-state index in [4.69, 9.17) is 4.74 Å². The van der Waals surface area contributed by atoms with E-state index < -0.39 is 12.1 Å². The van der Waals surface area contributed by atoms with Crippen LogP contribution in [0.5, 0.6) is 0 Å². The van der Waals surface area contributed by atoms with Crippen molar-refractivity contribution in [2.24, 2.45) is 0 Å². The molecule has 0 fully saturated rings. The van der Waals surface area contributed by atoms with Gasteiger partial charge in [0.05, 0.1) is 25.4 Å². The minimum absolute atomic E-state index is 0.0257. The number of esters is 1. The fraction of sp³-hybridized carbons (Fsp3) is 0.951. The topological polar surface area (TPSA) is 95.9 Å². The van der Waals surface area contributed by atoms with Crippen LogP contribution in [0.4, 0.5) is 0 Å². The van der Waals surface area contributed by atoms with E-state index in [2.05, 4.69) is 19.2 Å². The van der Waals surface area contributed by atoms with E-state index >= 15 is 0 Å². The molecule has 0 aliphatic heterocycles. The molecule has 0 heterocycles. The summed E-state index contributed by atoms with van der Waals surface area (Å²) < 4.78 is 5.52. The fourth-order valence-corrected chi connectivity index (χ4v) is 13.3. The Kier molecular flexibility index (Phi) is 76.8. The molecule has 0 aromatic rings. The summed E-state index contributed by atoms with van der Waals surface area (Å²) in [6, 6.07) is -0.626. The molecule has 0 rings (SSSR count). The van der Waals surface area contributed by atoms with Gasteiger partial charge in [-0.25, -0.2) is 0 Å². The van der Waals surface area contributed by atoms with E-state index in [1.165, 1.54) is 411 Å². The van der Waals surface area contributed by atoms with Gasteiger partial charge in [-0.05, 0) is 32.1 Å². The van der Waals surface area contributed by atoms with Gasteiger partial charge in [-0.1, -0.05) is 443 Å². The first kappa shape index (κ1) is 86.6. The quantitative estimate of drug-likeness (QED) is 0.0320. The Labute approximate surface area is 552 Å². The lowest BCUT2D eigenvalue weighted by Gasteiger charge is -2.20. The minimum atomic E-state index is -0.843. The largest absolute Gasteiger partial charge is 0.466 e. The molecule has 3 N–H and O–H groups in total. The number of carbonyl (C=O) groups excluding carboxylic acids is 2. The molecule has 524 valence electrons. The number of hydrogen-bond acceptors (Lipinski definition) is 5. The Morgan fingerprint density at radius 3 is 0.773 bits per heavy atom. The van der Waals surface area contributed by atoms with E-state index in [0.717, 1.165) is 38.5 Å². The Balaban J connectivity index is 3.34. The number of aliphatic hydroxyl groups is 2. The van der Waals surface area contributed by atoms with Gasteiger partial charge in [0.2, 0.25) is 5.91 Å². The van der Waals surface area contributed by atoms with Crippen molar-refractivity contribution in [2.75, 3.05) is 13.2 Å². The van der Waals surface area contributed by atoms with Crippen LogP contribution in [0, 0.1) is 0 Å². The number of aliphatic hydroxyl groups excluding tert-OH is 2. The highest BCUT2D eigenvalue weighted by atomic mass is 16.5. The van der Waals surface area contributed by atoms with Gasteiger partial charge < -0.3 is 20.3 Å². The molecule has 0 aromatic carbocycles. The van der Waals surface area contributed by atoms with Gasteiger partial charge in [-0.15, -0.1) is 0 Å². The summed E-state index contributed by atoms with van der Waals surface area (Å²) in [5.74, 6) is -0.0326. The lowest BCUT2D eigenvalue weighted by Crippen LogP contribution is -2.45. The summed E-state index contributed by atoms with van der Waals surface area (Å²) in [6.07, 6.45) is 99.2. The molecule has 88 heavy (non-hydrogen) atoms. The molecule has 1 amide bonds. The third-order valence-corrected chi connectivity index (χ3v) is 19.6. The molecule has 0 aliphatic carbocycles. The predicted octanol–water partition coefficient (Wildman–Crippen LogP) is 27.1. The molecule has 6 nitrogen and oxygen atoms in total. The number of allylic oxidation sites excluding steroid dienone is 1. The number of amides is 1. The second kappa shape index (κ2) is 78.0. The van der Waals surface area contributed by atoms with Crippen molar-refractivity contribution in [1.29, 1.82) is 0 Å². The smallest absolute Gasteiger partial charge is 0.305 e. The summed E-state index contributed by atoms with van der Waals surface area (Å²) in [4.78, 5) is 24.7. The van der Waals surface area contributed by atoms with Gasteiger partial charge >= 0.3 is 5.97 Å². The number of nitrogens with one attached hydrogen (secondary N) is 1. The van der Waals surface area contributed by atoms with Crippen molar-refractivity contribution >= 4 is 11.9 Å². The molecule has 0 bridgehead atoms. The minimum Gasteiger partial charge on any atom is -0.466 e. The highest BCUT2D eigenvalue weighted by Gasteiger charge is 2.18. The van der Waals surface area contributed by atoms with Crippen LogP contribution in [0.1, 0.15) is 476 Å². The zero-order chi connectivity index (χ0) is 63.5. The zero-order valence-corrected chi connectivity index (χ0v) is 60.3. The maximum absolute atomic E-state index is 12.6. The van der Waals surface area contributed by atoms with E-state index in [0.29, 0.717) is 19.4 Å². The van der Waals surface area contributed by atoms with Crippen molar-refractivity contribution in [3.63, 3.8) is 0 Å². The molecule has 6 heteroatoms. The first-order valence-electron chi connectivity index (χ1n) is 41.0. The van der Waals surface area contributed by atoms with E-state index in [1.807, 2.05) is 6.08 Å². The van der Waals surface area contributed by atoms with E-state index in [-0.39, 0.29) is 18.5 Å². The summed E-state index contributed by atoms with van der Waals surface area (Å²) in [7, 11) is 0. The summed E-state index contributed by atoms with van der Waals surface area (Å²) in [5.41, 5.74) is 0. The Morgan fingerprint density at radius 1 is 0.307 bits per heavy atom. The average Bonchev–Trinajstić information content (AvgIpc) is 3.58. The fourth-order valence-electron chi connectivity index (χ4n) is 13.3. The molecule has 0 aliphatic rings. The van der Waals surface area contributed by atoms with Crippen LogP contribution in [0.15, 0.2) is 12.2 Å². The molecule has 0 spiro atoms. The van der Waals surface area contributed by atoms with Gasteiger partial charge in [-0.2, -0.15) is 0 Å². The third-order valence-electron chi connectivity index (χ3n) is 19.6. The average molecular weight is 1240 g/mol. The normalized spacial score (nSPS) is 12.5. The van der Waals surface area contributed by atoms with Crippen LogP contribution >= 0.6 is 0 Å². The maximum atomic E-state index is 12.6. The zero-order valence-electron chi connectivity index (χ0n) is 60.3. The van der Waals surface area contributed by atoms with Crippen molar-refractivity contribution < 1.29 is 24.5 Å². The number of hydrogen-bond donors (Lipinski definition) is 3. The number of unbranched alkanes of at least 4 members (excludes halogenated alkanes) is 67. The molecule has 0 saturated heterocycles. The highest BCUT2D eigenvalue weighted by Crippen LogP contribution is 2.21. The van der Waals surface area contributed by atoms with Gasteiger partial charge in [0, 0.05) is 12.8 Å². The maximum Gasteiger partial charge on any atom is 0.305 e. The van der Waals surface area contributed by atoms with Crippen LogP contribution in [0.25, 0.3) is 0 Å². The number of rotatable bonds is 78. The van der Waals surface area contributed by atoms with Gasteiger partial charge in [0.15, 0.2) is 0 Å². The van der Waals surface area contributed by atoms with E-state index in [1.54, 1.807) is 6.08 Å². The Bertz CT molecular complexity index is 1340. The molecule has 0 aromatic heterocycles. The summed E-state index contributed by atoms with van der Waals surface area (Å²) in [6.45, 7) is 4.97. The summed E-state index contributed by atoms with van der Waals surface area (Å²) in [5, 5.41) is 23.3. The molecular weight excluding hydrogens is 1080 g/mol. The third kappa shape index (κ3) is 73.6. The second-order valence-corrected chi connectivity index (χ2v) is 28.5. The number of carbonyl (C=O) groups is 2. The molecule has 2 atom stereocenters. The first-order chi connectivity index (χ1) is 43.5. The van der Waals surface area contributed by atoms with Crippen LogP contribution < -0.4 is 5.32 Å². The lowest BCUT2D eigenvalue weighted by molar-refractivity contribution is -0.143. The van der Waals surface area contributed by atoms with Crippen LogP contribution in [0.3, 0.4) is 0 Å². The lowest BCUT2D eigenvalue weighted by atomic mass is 10.0. The van der Waals surface area contributed by atoms with Crippen molar-refractivity contribution in [3.8, 4) is 0 Å². The van der Waals surface area contributed by atoms with Gasteiger partial charge in [0.25, 0.3) is 0 Å². The van der Waals surface area contributed by atoms with Crippen LogP contribution in [-0.2, 0) is 14.3 Å². The molecular formula is C82H161NO5. The first-order valence-corrected chi connectivity index (χ1v) is 41.0. The van der Waals surface area contributed by atoms with Crippen LogP contribution in [-0.4, -0.2) is 47.4 Å². The Hall–Kier alpha value is -1.40. The molecule has 0 radical (unpaired) electrons. The highest BCUT2D eigenvalue weighted by molar-refractivity contribution is 5.76. The van der Waals surface area contributed by atoms with Crippen LogP contribution in [0.2, 0.25) is 0 Å².